The molecule has 28 heavy (non-hydrogen) atoms. The van der Waals surface area contributed by atoms with E-state index >= 15 is 0 Å². The van der Waals surface area contributed by atoms with Gasteiger partial charge in [0.2, 0.25) is 11.8 Å². The van der Waals surface area contributed by atoms with Crippen LogP contribution in [0.15, 0.2) is 0 Å². The van der Waals surface area contributed by atoms with Crippen molar-refractivity contribution in [2.24, 2.45) is 11.3 Å². The van der Waals surface area contributed by atoms with Crippen LogP contribution >= 0.6 is 0 Å². The summed E-state index contributed by atoms with van der Waals surface area (Å²) < 4.78 is 67.2. The lowest BCUT2D eigenvalue weighted by Crippen LogP contribution is -2.53. The number of likely N-dealkylation sites (tertiary alicyclic amines) is 1. The fraction of sp³-hybridized carbons (Fsp3) is 0.812. The number of nitriles is 1. The van der Waals surface area contributed by atoms with Crippen molar-refractivity contribution >= 4 is 21.9 Å². The van der Waals surface area contributed by atoms with Crippen molar-refractivity contribution in [2.75, 3.05) is 19.4 Å². The van der Waals surface area contributed by atoms with Crippen molar-refractivity contribution in [2.45, 2.75) is 49.9 Å². The van der Waals surface area contributed by atoms with Crippen LogP contribution in [0.25, 0.3) is 0 Å². The van der Waals surface area contributed by atoms with E-state index in [1.54, 1.807) is 0 Å². The smallest absolute Gasteiger partial charge is 0.336 e. The van der Waals surface area contributed by atoms with Gasteiger partial charge < -0.3 is 10.2 Å². The first kappa shape index (κ1) is 20.9. The summed E-state index contributed by atoms with van der Waals surface area (Å²) in [5.74, 6) is -2.49. The molecule has 2 amide bonds. The minimum Gasteiger partial charge on any atom is -0.336 e. The molecule has 0 aromatic rings. The Kier molecular flexibility index (Phi) is 4.91. The molecule has 2 atom stereocenters. The summed E-state index contributed by atoms with van der Waals surface area (Å²) in [6.45, 7) is -0.557. The second kappa shape index (κ2) is 6.59. The van der Waals surface area contributed by atoms with E-state index in [1.165, 1.54) is 0 Å². The molecule has 3 fully saturated rings. The van der Waals surface area contributed by atoms with Gasteiger partial charge in [0, 0.05) is 12.5 Å². The molecular formula is C16H20F3N3O5S. The van der Waals surface area contributed by atoms with Crippen molar-refractivity contribution in [1.29, 1.82) is 5.26 Å². The highest BCUT2D eigenvalue weighted by atomic mass is 32.2. The molecule has 12 heteroatoms. The predicted octanol–water partition coefficient (Wildman–Crippen LogP) is 0.695. The Morgan fingerprint density at radius 2 is 1.89 bits per heavy atom. The molecule has 8 nitrogen and oxygen atoms in total. The highest BCUT2D eigenvalue weighted by Gasteiger charge is 2.70. The normalized spacial score (nSPS) is 27.8. The van der Waals surface area contributed by atoms with Gasteiger partial charge in [-0.2, -0.15) is 26.9 Å². The molecular weight excluding hydrogens is 403 g/mol. The molecule has 2 unspecified atom stereocenters. The maximum atomic E-state index is 13.4. The quantitative estimate of drug-likeness (QED) is 0.629. The van der Waals surface area contributed by atoms with E-state index in [4.69, 9.17) is 9.44 Å². The van der Waals surface area contributed by atoms with Crippen molar-refractivity contribution in [3.8, 4) is 6.07 Å². The van der Waals surface area contributed by atoms with Crippen LogP contribution in [0.4, 0.5) is 13.2 Å². The lowest BCUT2D eigenvalue weighted by atomic mass is 10.0. The van der Waals surface area contributed by atoms with Gasteiger partial charge in [0.1, 0.15) is 17.0 Å². The number of hydrogen-bond donors (Lipinski definition) is 1. The molecule has 2 saturated carbocycles. The van der Waals surface area contributed by atoms with Crippen molar-refractivity contribution < 1.29 is 35.4 Å². The number of alkyl halides is 3. The summed E-state index contributed by atoms with van der Waals surface area (Å²) in [6.07, 6.45) is -3.74. The first-order valence-corrected chi connectivity index (χ1v) is 10.6. The van der Waals surface area contributed by atoms with Gasteiger partial charge in [-0.3, -0.25) is 13.8 Å². The maximum Gasteiger partial charge on any atom is 0.403 e. The maximum absolute atomic E-state index is 13.4. The van der Waals surface area contributed by atoms with E-state index in [9.17, 15) is 31.2 Å². The molecule has 1 N–H and O–H groups in total. The number of carbonyl (C=O) groups is 2. The van der Waals surface area contributed by atoms with E-state index < -0.39 is 51.0 Å². The fourth-order valence-corrected chi connectivity index (χ4v) is 3.90. The topological polar surface area (TPSA) is 117 Å². The zero-order valence-corrected chi connectivity index (χ0v) is 15.9. The lowest BCUT2D eigenvalue weighted by Gasteiger charge is -2.29. The minimum absolute atomic E-state index is 0.0391. The highest BCUT2D eigenvalue weighted by Crippen LogP contribution is 2.59. The fourth-order valence-electron chi connectivity index (χ4n) is 3.46. The molecule has 1 heterocycles. The number of carbonyl (C=O) groups excluding carboxylic acids is 2. The molecule has 2 aliphatic carbocycles. The van der Waals surface area contributed by atoms with Crippen LogP contribution in [0.5, 0.6) is 0 Å². The number of rotatable bonds is 6. The van der Waals surface area contributed by atoms with E-state index in [2.05, 4.69) is 5.32 Å². The number of nitrogens with one attached hydrogen (secondary N) is 1. The molecule has 1 saturated heterocycles. The third-order valence-corrected chi connectivity index (χ3v) is 6.06. The Bertz CT molecular complexity index is 827. The first-order valence-electron chi connectivity index (χ1n) is 8.78. The molecule has 0 radical (unpaired) electrons. The van der Waals surface area contributed by atoms with Gasteiger partial charge in [-0.25, -0.2) is 0 Å². The molecule has 3 aliphatic rings. The van der Waals surface area contributed by atoms with Crippen LogP contribution in [0.2, 0.25) is 0 Å². The standard InChI is InChI=1S/C16H20F3N3O5S/c1-28(25,26)27-8-10-6-11(12(23)21-14(9-20)2-3-14)22(7-10)13(24)15(4-5-15)16(17,18)19/h10-11H,2-8H2,1H3,(H,21,23). The van der Waals surface area contributed by atoms with Crippen LogP contribution in [0, 0.1) is 22.7 Å². The number of halogens is 3. The zero-order chi connectivity index (χ0) is 21.0. The van der Waals surface area contributed by atoms with Crippen LogP contribution in [-0.2, 0) is 23.9 Å². The molecule has 0 bridgehead atoms. The molecule has 3 rings (SSSR count). The van der Waals surface area contributed by atoms with Crippen molar-refractivity contribution in [3.63, 3.8) is 0 Å². The van der Waals surface area contributed by atoms with Crippen molar-refractivity contribution in [1.82, 2.24) is 10.2 Å². The third kappa shape index (κ3) is 3.96. The lowest BCUT2D eigenvalue weighted by molar-refractivity contribution is -0.199. The second-order valence-electron chi connectivity index (χ2n) is 7.83. The zero-order valence-electron chi connectivity index (χ0n) is 15.1. The van der Waals surface area contributed by atoms with Crippen molar-refractivity contribution in [3.05, 3.63) is 0 Å². The van der Waals surface area contributed by atoms with E-state index in [-0.39, 0.29) is 32.4 Å². The molecule has 0 spiro atoms. The number of amides is 2. The summed E-state index contributed by atoms with van der Waals surface area (Å²) >= 11 is 0. The Balaban J connectivity index is 1.78. The number of hydrogen-bond acceptors (Lipinski definition) is 6. The largest absolute Gasteiger partial charge is 0.403 e. The molecule has 0 aromatic carbocycles. The Labute approximate surface area is 160 Å². The Morgan fingerprint density at radius 1 is 1.29 bits per heavy atom. The highest BCUT2D eigenvalue weighted by molar-refractivity contribution is 7.85. The first-order chi connectivity index (χ1) is 12.8. The van der Waals surface area contributed by atoms with Crippen LogP contribution in [0.1, 0.15) is 32.1 Å². The SMILES string of the molecule is CS(=O)(=O)OCC1CC(C(=O)NC2(C#N)CC2)N(C(=O)C2(C(F)(F)F)CC2)C1. The average Bonchev–Trinajstić information content (AvgIpc) is 3.48. The van der Waals surface area contributed by atoms with Crippen LogP contribution in [-0.4, -0.2) is 62.3 Å². The average molecular weight is 423 g/mol. The summed E-state index contributed by atoms with van der Waals surface area (Å²) in [6, 6.07) is 0.752. The van der Waals surface area contributed by atoms with Gasteiger partial charge in [-0.15, -0.1) is 0 Å². The van der Waals surface area contributed by atoms with Gasteiger partial charge in [0.15, 0.2) is 0 Å². The van der Waals surface area contributed by atoms with Gasteiger partial charge in [0.25, 0.3) is 10.1 Å². The monoisotopic (exact) mass is 423 g/mol. The molecule has 156 valence electrons. The minimum atomic E-state index is -4.73. The Hall–Kier alpha value is -1.87. The van der Waals surface area contributed by atoms with E-state index in [0.717, 1.165) is 11.2 Å². The number of nitrogens with zero attached hydrogens (tertiary/aromatic N) is 2. The van der Waals surface area contributed by atoms with E-state index in [0.29, 0.717) is 12.8 Å². The van der Waals surface area contributed by atoms with Crippen LogP contribution in [0.3, 0.4) is 0 Å². The third-order valence-electron chi connectivity index (χ3n) is 5.50. The summed E-state index contributed by atoms with van der Waals surface area (Å²) in [7, 11) is -3.78. The van der Waals surface area contributed by atoms with Gasteiger partial charge in [-0.1, -0.05) is 0 Å². The van der Waals surface area contributed by atoms with Crippen LogP contribution < -0.4 is 5.32 Å². The van der Waals surface area contributed by atoms with Gasteiger partial charge >= 0.3 is 6.18 Å². The summed E-state index contributed by atoms with van der Waals surface area (Å²) in [4.78, 5) is 26.2. The van der Waals surface area contributed by atoms with Gasteiger partial charge in [-0.05, 0) is 32.1 Å². The van der Waals surface area contributed by atoms with E-state index in [1.807, 2.05) is 6.07 Å². The van der Waals surface area contributed by atoms with Gasteiger partial charge in [0.05, 0.1) is 18.9 Å². The molecule has 1 aliphatic heterocycles. The molecule has 0 aromatic heterocycles. The summed E-state index contributed by atoms with van der Waals surface area (Å²) in [5.41, 5.74) is -3.51. The Morgan fingerprint density at radius 3 is 2.32 bits per heavy atom. The predicted molar refractivity (Wildman–Crippen MR) is 87.8 cm³/mol. The second-order valence-corrected chi connectivity index (χ2v) is 9.47. The summed E-state index contributed by atoms with van der Waals surface area (Å²) in [5, 5.41) is 11.6.